The summed E-state index contributed by atoms with van der Waals surface area (Å²) in [5, 5.41) is 4.17. The topological polar surface area (TPSA) is 30.7 Å². The molecule has 0 spiro atoms. The lowest BCUT2D eigenvalue weighted by Gasteiger charge is -2.15. The molecule has 1 aromatic heterocycles. The Balaban J connectivity index is 2.65. The van der Waals surface area contributed by atoms with Gasteiger partial charge in [-0.2, -0.15) is 18.3 Å². The highest BCUT2D eigenvalue weighted by atomic mass is 35.5. The molecule has 0 bridgehead atoms. The number of nitrogens with zero attached hydrogens (tertiary/aromatic N) is 3. The van der Waals surface area contributed by atoms with Crippen LogP contribution in [0.3, 0.4) is 0 Å². The molecule has 7 heteroatoms. The van der Waals surface area contributed by atoms with Crippen LogP contribution >= 0.6 is 11.6 Å². The highest BCUT2D eigenvalue weighted by Crippen LogP contribution is 2.35. The van der Waals surface area contributed by atoms with Crippen molar-refractivity contribution >= 4 is 11.6 Å². The van der Waals surface area contributed by atoms with Crippen LogP contribution in [0.1, 0.15) is 36.6 Å². The summed E-state index contributed by atoms with van der Waals surface area (Å²) >= 11 is 5.63. The summed E-state index contributed by atoms with van der Waals surface area (Å²) in [5.74, 6) is 1.07. The van der Waals surface area contributed by atoms with E-state index in [1.807, 2.05) is 13.8 Å². The van der Waals surface area contributed by atoms with Gasteiger partial charge in [0.25, 0.3) is 0 Å². The second-order valence-corrected chi connectivity index (χ2v) is 4.81. The fourth-order valence-electron chi connectivity index (χ4n) is 2.04. The average Bonchev–Trinajstić information content (AvgIpc) is 2.89. The first-order chi connectivity index (χ1) is 9.90. The largest absolute Gasteiger partial charge is 0.418 e. The van der Waals surface area contributed by atoms with E-state index in [1.54, 1.807) is 6.07 Å². The van der Waals surface area contributed by atoms with Crippen molar-refractivity contribution < 1.29 is 13.2 Å². The van der Waals surface area contributed by atoms with Gasteiger partial charge in [0, 0.05) is 18.7 Å². The molecule has 0 atom stereocenters. The first-order valence-electron chi connectivity index (χ1n) is 6.62. The maximum Gasteiger partial charge on any atom is 0.418 e. The maximum atomic E-state index is 13.3. The Morgan fingerprint density at radius 3 is 2.43 bits per heavy atom. The molecule has 0 saturated carbocycles. The molecule has 0 radical (unpaired) electrons. The number of halogens is 4. The van der Waals surface area contributed by atoms with Crippen LogP contribution in [0.25, 0.3) is 5.69 Å². The minimum absolute atomic E-state index is 0.0135. The zero-order chi connectivity index (χ0) is 15.6. The van der Waals surface area contributed by atoms with Gasteiger partial charge in [0.05, 0.1) is 11.3 Å². The van der Waals surface area contributed by atoms with Gasteiger partial charge in [-0.15, -0.1) is 11.6 Å². The van der Waals surface area contributed by atoms with Crippen molar-refractivity contribution in [3.05, 3.63) is 41.0 Å². The molecule has 1 aromatic carbocycles. The first-order valence-corrected chi connectivity index (χ1v) is 7.15. The molecule has 0 fully saturated rings. The lowest BCUT2D eigenvalue weighted by atomic mass is 10.1. The standard InChI is InChI=1S/C14H15ClF3N3/c1-3-12-19-13(4-2)21(20-12)11-6-5-9(8-15)7-10(11)14(16,17)18/h5-7H,3-4,8H2,1-2H3. The zero-order valence-electron chi connectivity index (χ0n) is 11.7. The van der Waals surface area contributed by atoms with E-state index < -0.39 is 11.7 Å². The van der Waals surface area contributed by atoms with Gasteiger partial charge >= 0.3 is 6.18 Å². The molecule has 0 unspecified atom stereocenters. The summed E-state index contributed by atoms with van der Waals surface area (Å²) in [4.78, 5) is 4.25. The van der Waals surface area contributed by atoms with E-state index in [9.17, 15) is 13.2 Å². The van der Waals surface area contributed by atoms with E-state index in [1.165, 1.54) is 10.7 Å². The summed E-state index contributed by atoms with van der Waals surface area (Å²) in [6, 6.07) is 4.03. The minimum atomic E-state index is -4.47. The number of aryl methyl sites for hydroxylation is 2. The van der Waals surface area contributed by atoms with E-state index in [0.717, 1.165) is 6.07 Å². The number of hydrogen-bond acceptors (Lipinski definition) is 2. The van der Waals surface area contributed by atoms with Gasteiger partial charge in [0.2, 0.25) is 0 Å². The molecule has 0 saturated heterocycles. The van der Waals surface area contributed by atoms with Crippen LogP contribution in [-0.4, -0.2) is 14.8 Å². The van der Waals surface area contributed by atoms with E-state index in [0.29, 0.717) is 30.1 Å². The van der Waals surface area contributed by atoms with Gasteiger partial charge in [-0.05, 0) is 17.7 Å². The Morgan fingerprint density at radius 2 is 1.90 bits per heavy atom. The number of hydrogen-bond donors (Lipinski definition) is 0. The van der Waals surface area contributed by atoms with Crippen LogP contribution < -0.4 is 0 Å². The molecule has 0 aliphatic heterocycles. The van der Waals surface area contributed by atoms with Crippen molar-refractivity contribution in [2.24, 2.45) is 0 Å². The molecule has 1 heterocycles. The van der Waals surface area contributed by atoms with Crippen molar-refractivity contribution in [3.8, 4) is 5.69 Å². The Bertz CT molecular complexity index is 635. The van der Waals surface area contributed by atoms with Crippen molar-refractivity contribution in [3.63, 3.8) is 0 Å². The molecule has 2 aromatic rings. The summed E-state index contributed by atoms with van der Waals surface area (Å²) in [5.41, 5.74) is -0.343. The van der Waals surface area contributed by atoms with E-state index in [4.69, 9.17) is 11.6 Å². The van der Waals surface area contributed by atoms with Crippen molar-refractivity contribution in [1.82, 2.24) is 14.8 Å². The van der Waals surface area contributed by atoms with Crippen LogP contribution in [0.5, 0.6) is 0 Å². The first kappa shape index (κ1) is 15.8. The lowest BCUT2D eigenvalue weighted by Crippen LogP contribution is -2.14. The summed E-state index contributed by atoms with van der Waals surface area (Å²) < 4.78 is 41.1. The molecule has 0 N–H and O–H groups in total. The molecule has 3 nitrogen and oxygen atoms in total. The molecular weight excluding hydrogens is 303 g/mol. The third kappa shape index (κ3) is 3.20. The van der Waals surface area contributed by atoms with Crippen molar-refractivity contribution in [2.45, 2.75) is 38.7 Å². The number of aromatic nitrogens is 3. The second-order valence-electron chi connectivity index (χ2n) is 4.55. The molecule has 0 aliphatic carbocycles. The molecule has 114 valence electrons. The Kier molecular flexibility index (Phi) is 4.56. The molecule has 0 aliphatic rings. The van der Waals surface area contributed by atoms with E-state index in [2.05, 4.69) is 10.1 Å². The Hall–Kier alpha value is -1.56. The highest BCUT2D eigenvalue weighted by Gasteiger charge is 2.35. The van der Waals surface area contributed by atoms with Gasteiger partial charge in [0.15, 0.2) is 5.82 Å². The Labute approximate surface area is 125 Å². The SMILES string of the molecule is CCc1nc(CC)n(-c2ccc(CCl)cc2C(F)(F)F)n1. The van der Waals surface area contributed by atoms with Gasteiger partial charge in [0.1, 0.15) is 5.82 Å². The van der Waals surface area contributed by atoms with E-state index >= 15 is 0 Å². The van der Waals surface area contributed by atoms with Crippen LogP contribution in [0.15, 0.2) is 18.2 Å². The van der Waals surface area contributed by atoms with Gasteiger partial charge in [-0.3, -0.25) is 0 Å². The van der Waals surface area contributed by atoms with Crippen LogP contribution in [-0.2, 0) is 24.9 Å². The fraction of sp³-hybridized carbons (Fsp3) is 0.429. The fourth-order valence-corrected chi connectivity index (χ4v) is 2.21. The summed E-state index contributed by atoms with van der Waals surface area (Å²) in [7, 11) is 0. The third-order valence-corrected chi connectivity index (χ3v) is 3.41. The van der Waals surface area contributed by atoms with Crippen LogP contribution in [0, 0.1) is 0 Å². The van der Waals surface area contributed by atoms with Gasteiger partial charge in [-0.25, -0.2) is 9.67 Å². The second kappa shape index (κ2) is 6.05. The smallest absolute Gasteiger partial charge is 0.217 e. The Morgan fingerprint density at radius 1 is 1.19 bits per heavy atom. The molecule has 21 heavy (non-hydrogen) atoms. The van der Waals surface area contributed by atoms with Crippen LogP contribution in [0.4, 0.5) is 13.2 Å². The quantitative estimate of drug-likeness (QED) is 0.793. The van der Waals surface area contributed by atoms with Gasteiger partial charge < -0.3 is 0 Å². The molecule has 2 rings (SSSR count). The lowest BCUT2D eigenvalue weighted by molar-refractivity contribution is -0.137. The monoisotopic (exact) mass is 317 g/mol. The summed E-state index contributed by atoms with van der Waals surface area (Å²) in [6.45, 7) is 3.70. The predicted octanol–water partition coefficient (Wildman–Crippen LogP) is 4.15. The number of benzene rings is 1. The van der Waals surface area contributed by atoms with Gasteiger partial charge in [-0.1, -0.05) is 19.9 Å². The van der Waals surface area contributed by atoms with Crippen molar-refractivity contribution in [1.29, 1.82) is 0 Å². The van der Waals surface area contributed by atoms with E-state index in [-0.39, 0.29) is 11.6 Å². The van der Waals surface area contributed by atoms with Crippen LogP contribution in [0.2, 0.25) is 0 Å². The molecular formula is C14H15ClF3N3. The minimum Gasteiger partial charge on any atom is -0.217 e. The number of rotatable bonds is 4. The third-order valence-electron chi connectivity index (χ3n) is 3.10. The normalized spacial score (nSPS) is 11.9. The maximum absolute atomic E-state index is 13.3. The predicted molar refractivity (Wildman–Crippen MR) is 74.7 cm³/mol. The van der Waals surface area contributed by atoms with Crippen molar-refractivity contribution in [2.75, 3.05) is 0 Å². The highest BCUT2D eigenvalue weighted by molar-refractivity contribution is 6.17. The number of alkyl halides is 4. The molecule has 0 amide bonds. The summed E-state index contributed by atoms with van der Waals surface area (Å²) in [6.07, 6.45) is -3.40. The zero-order valence-corrected chi connectivity index (χ0v) is 12.5. The average molecular weight is 318 g/mol.